The van der Waals surface area contributed by atoms with Crippen molar-refractivity contribution >= 4 is 27.2 Å². The number of hydrogen-bond acceptors (Lipinski definition) is 4. The predicted octanol–water partition coefficient (Wildman–Crippen LogP) is 1.66. The molecule has 0 amide bonds. The smallest absolute Gasteiger partial charge is 0.241 e. The fourth-order valence-corrected chi connectivity index (χ4v) is 3.22. The van der Waals surface area contributed by atoms with Gasteiger partial charge in [-0.05, 0) is 18.4 Å². The predicted molar refractivity (Wildman–Crippen MR) is 87.8 cm³/mol. The lowest BCUT2D eigenvalue weighted by Gasteiger charge is -2.11. The number of benzene rings is 1. The van der Waals surface area contributed by atoms with Gasteiger partial charge in [-0.1, -0.05) is 44.3 Å². The van der Waals surface area contributed by atoms with Crippen LogP contribution >= 0.6 is 12.2 Å². The van der Waals surface area contributed by atoms with Crippen LogP contribution in [0.2, 0.25) is 0 Å². The van der Waals surface area contributed by atoms with Crippen molar-refractivity contribution < 1.29 is 13.2 Å². The fourth-order valence-electron chi connectivity index (χ4n) is 1.68. The highest BCUT2D eigenvalue weighted by Gasteiger charge is 2.18. The SMILES string of the molecule is CC(C)COCCCNS(=O)(=O)c1ccccc1C(N)=S. The number of hydrogen-bond donors (Lipinski definition) is 2. The largest absolute Gasteiger partial charge is 0.389 e. The number of ether oxygens (including phenoxy) is 1. The molecule has 0 aliphatic carbocycles. The Hall–Kier alpha value is -1.02. The van der Waals surface area contributed by atoms with Gasteiger partial charge in [-0.3, -0.25) is 0 Å². The highest BCUT2D eigenvalue weighted by Crippen LogP contribution is 2.15. The van der Waals surface area contributed by atoms with E-state index in [1.807, 2.05) is 0 Å². The molecule has 0 saturated heterocycles. The molecule has 0 aliphatic heterocycles. The molecule has 0 heterocycles. The monoisotopic (exact) mass is 330 g/mol. The van der Waals surface area contributed by atoms with Crippen molar-refractivity contribution in [3.8, 4) is 0 Å². The minimum absolute atomic E-state index is 0.0660. The molecule has 7 heteroatoms. The number of nitrogens with one attached hydrogen (secondary N) is 1. The molecule has 0 saturated carbocycles. The molecular weight excluding hydrogens is 308 g/mol. The summed E-state index contributed by atoms with van der Waals surface area (Å²) < 4.78 is 32.4. The van der Waals surface area contributed by atoms with Crippen LogP contribution in [0.5, 0.6) is 0 Å². The first-order valence-corrected chi connectivity index (χ1v) is 8.70. The van der Waals surface area contributed by atoms with Crippen molar-refractivity contribution in [2.75, 3.05) is 19.8 Å². The van der Waals surface area contributed by atoms with E-state index >= 15 is 0 Å². The maximum absolute atomic E-state index is 12.2. The second kappa shape index (κ2) is 8.43. The molecule has 0 fully saturated rings. The lowest BCUT2D eigenvalue weighted by molar-refractivity contribution is 0.108. The fraction of sp³-hybridized carbons (Fsp3) is 0.500. The molecule has 118 valence electrons. The average Bonchev–Trinajstić information content (AvgIpc) is 2.42. The van der Waals surface area contributed by atoms with E-state index in [-0.39, 0.29) is 9.88 Å². The molecule has 0 radical (unpaired) electrons. The van der Waals surface area contributed by atoms with Crippen LogP contribution in [-0.2, 0) is 14.8 Å². The molecule has 1 rings (SSSR count). The Balaban J connectivity index is 2.57. The Kier molecular flexibility index (Phi) is 7.24. The molecule has 0 atom stereocenters. The van der Waals surface area contributed by atoms with E-state index in [4.69, 9.17) is 22.7 Å². The standard InChI is InChI=1S/C14H22N2O3S2/c1-11(2)10-19-9-5-8-16-21(17,18)13-7-4-3-6-12(13)14(15)20/h3-4,6-7,11,16H,5,8-10H2,1-2H3,(H2,15,20). The van der Waals surface area contributed by atoms with Crippen LogP contribution in [0.4, 0.5) is 0 Å². The third-order valence-corrected chi connectivity index (χ3v) is 4.39. The number of nitrogens with two attached hydrogens (primary N) is 1. The zero-order chi connectivity index (χ0) is 15.9. The molecule has 0 aromatic heterocycles. The third-order valence-electron chi connectivity index (χ3n) is 2.65. The highest BCUT2D eigenvalue weighted by atomic mass is 32.2. The Morgan fingerprint density at radius 2 is 2.05 bits per heavy atom. The van der Waals surface area contributed by atoms with Gasteiger partial charge in [0.25, 0.3) is 0 Å². The van der Waals surface area contributed by atoms with E-state index in [0.29, 0.717) is 37.7 Å². The normalized spacial score (nSPS) is 11.8. The third kappa shape index (κ3) is 6.09. The van der Waals surface area contributed by atoms with E-state index in [2.05, 4.69) is 18.6 Å². The summed E-state index contributed by atoms with van der Waals surface area (Å²) in [5, 5.41) is 0. The first kappa shape index (κ1) is 18.0. The number of sulfonamides is 1. The van der Waals surface area contributed by atoms with E-state index in [9.17, 15) is 8.42 Å². The molecule has 1 aromatic carbocycles. The van der Waals surface area contributed by atoms with Crippen molar-refractivity contribution in [2.45, 2.75) is 25.2 Å². The van der Waals surface area contributed by atoms with Crippen LogP contribution in [0, 0.1) is 5.92 Å². The molecule has 21 heavy (non-hydrogen) atoms. The molecule has 3 N–H and O–H groups in total. The van der Waals surface area contributed by atoms with E-state index in [0.717, 1.165) is 0 Å². The van der Waals surface area contributed by atoms with Crippen molar-refractivity contribution in [3.05, 3.63) is 29.8 Å². The van der Waals surface area contributed by atoms with Crippen molar-refractivity contribution in [3.63, 3.8) is 0 Å². The Morgan fingerprint density at radius 1 is 1.38 bits per heavy atom. The summed E-state index contributed by atoms with van der Waals surface area (Å²) in [6.07, 6.45) is 0.612. The van der Waals surface area contributed by atoms with Crippen molar-refractivity contribution in [2.24, 2.45) is 11.7 Å². The maximum atomic E-state index is 12.2. The quantitative estimate of drug-likeness (QED) is 0.532. The summed E-state index contributed by atoms with van der Waals surface area (Å²) in [4.78, 5) is 0.178. The highest BCUT2D eigenvalue weighted by molar-refractivity contribution is 7.89. The van der Waals surface area contributed by atoms with E-state index < -0.39 is 10.0 Å². The van der Waals surface area contributed by atoms with E-state index in [1.165, 1.54) is 6.07 Å². The van der Waals surface area contributed by atoms with Gasteiger partial charge in [-0.2, -0.15) is 0 Å². The van der Waals surface area contributed by atoms with Crippen LogP contribution in [0.3, 0.4) is 0 Å². The molecule has 1 aromatic rings. The summed E-state index contributed by atoms with van der Waals surface area (Å²) in [5.74, 6) is 0.471. The van der Waals surface area contributed by atoms with Crippen LogP contribution < -0.4 is 10.5 Å². The maximum Gasteiger partial charge on any atom is 0.241 e. The minimum atomic E-state index is -3.61. The van der Waals surface area contributed by atoms with Gasteiger partial charge >= 0.3 is 0 Å². The Bertz CT molecular complexity index is 571. The molecule has 0 bridgehead atoms. The van der Waals surface area contributed by atoms with Crippen LogP contribution in [-0.4, -0.2) is 33.2 Å². The molecular formula is C14H22N2O3S2. The Morgan fingerprint density at radius 3 is 2.67 bits per heavy atom. The topological polar surface area (TPSA) is 81.4 Å². The first-order valence-electron chi connectivity index (χ1n) is 6.81. The van der Waals surface area contributed by atoms with Crippen LogP contribution in [0.25, 0.3) is 0 Å². The second-order valence-electron chi connectivity index (χ2n) is 5.08. The van der Waals surface area contributed by atoms with Gasteiger partial charge in [0.2, 0.25) is 10.0 Å². The number of thiocarbonyl (C=S) groups is 1. The average molecular weight is 330 g/mol. The van der Waals surface area contributed by atoms with Gasteiger partial charge in [-0.25, -0.2) is 13.1 Å². The summed E-state index contributed by atoms with van der Waals surface area (Å²) in [7, 11) is -3.61. The van der Waals surface area contributed by atoms with Gasteiger partial charge in [-0.15, -0.1) is 0 Å². The van der Waals surface area contributed by atoms with E-state index in [1.54, 1.807) is 18.2 Å². The van der Waals surface area contributed by atoms with Gasteiger partial charge in [0.05, 0.1) is 4.90 Å². The molecule has 5 nitrogen and oxygen atoms in total. The lowest BCUT2D eigenvalue weighted by atomic mass is 10.2. The van der Waals surface area contributed by atoms with Crippen LogP contribution in [0.1, 0.15) is 25.8 Å². The summed E-state index contributed by atoms with van der Waals surface area (Å²) in [5.41, 5.74) is 5.91. The first-order chi connectivity index (χ1) is 9.84. The second-order valence-corrected chi connectivity index (χ2v) is 7.26. The van der Waals surface area contributed by atoms with Gasteiger partial charge in [0.15, 0.2) is 0 Å². The Labute approximate surface area is 131 Å². The van der Waals surface area contributed by atoms with Crippen molar-refractivity contribution in [1.82, 2.24) is 4.72 Å². The van der Waals surface area contributed by atoms with Gasteiger partial charge in [0.1, 0.15) is 4.99 Å². The van der Waals surface area contributed by atoms with Gasteiger partial charge in [0, 0.05) is 25.3 Å². The summed E-state index contributed by atoms with van der Waals surface area (Å²) >= 11 is 4.88. The zero-order valence-corrected chi connectivity index (χ0v) is 14.0. The summed E-state index contributed by atoms with van der Waals surface area (Å²) in [6, 6.07) is 6.43. The van der Waals surface area contributed by atoms with Crippen molar-refractivity contribution in [1.29, 1.82) is 0 Å². The van der Waals surface area contributed by atoms with Gasteiger partial charge < -0.3 is 10.5 Å². The molecule has 0 aliphatic rings. The lowest BCUT2D eigenvalue weighted by Crippen LogP contribution is -2.28. The molecule has 0 unspecified atom stereocenters. The number of rotatable bonds is 9. The molecule has 0 spiro atoms. The van der Waals surface area contributed by atoms with Crippen LogP contribution in [0.15, 0.2) is 29.2 Å². The minimum Gasteiger partial charge on any atom is -0.389 e. The zero-order valence-electron chi connectivity index (χ0n) is 12.3. The summed E-state index contributed by atoms with van der Waals surface area (Å²) in [6.45, 7) is 5.64.